The second-order valence-electron chi connectivity index (χ2n) is 5.25. The molecule has 0 spiro atoms. The zero-order chi connectivity index (χ0) is 17.6. The largest absolute Gasteiger partial charge is 0.494 e. The third-order valence-electron chi connectivity index (χ3n) is 3.51. The number of nitrogens with zero attached hydrogens (tertiary/aromatic N) is 3. The minimum atomic E-state index is -0.448. The fourth-order valence-electron chi connectivity index (χ4n) is 2.25. The van der Waals surface area contributed by atoms with Crippen molar-refractivity contribution in [1.29, 1.82) is 0 Å². The van der Waals surface area contributed by atoms with Gasteiger partial charge in [-0.3, -0.25) is 15.1 Å². The van der Waals surface area contributed by atoms with Gasteiger partial charge in [0, 0.05) is 12.6 Å². The fourth-order valence-corrected chi connectivity index (χ4v) is 2.25. The number of ether oxygens (including phenoxy) is 1. The van der Waals surface area contributed by atoms with Crippen LogP contribution in [-0.4, -0.2) is 33.2 Å². The summed E-state index contributed by atoms with van der Waals surface area (Å²) in [5.74, 6) is 0.187. The van der Waals surface area contributed by atoms with Crippen LogP contribution in [0.25, 0.3) is 11.5 Å². The average molecular weight is 341 g/mol. The predicted octanol–water partition coefficient (Wildman–Crippen LogP) is 2.59. The molecule has 1 aromatic carbocycles. The molecule has 3 rings (SSSR count). The number of carbonyl (C=O) groups is 1. The summed E-state index contributed by atoms with van der Waals surface area (Å²) >= 11 is 0. The monoisotopic (exact) mass is 341 g/mol. The van der Waals surface area contributed by atoms with Crippen LogP contribution in [0.2, 0.25) is 0 Å². The van der Waals surface area contributed by atoms with Gasteiger partial charge in [-0.15, -0.1) is 10.2 Å². The van der Waals surface area contributed by atoms with Crippen LogP contribution in [0.5, 0.6) is 5.75 Å². The number of carbonyl (C=O) groups excluding carboxylic acids is 1. The minimum Gasteiger partial charge on any atom is -0.494 e. The number of benzene rings is 1. The van der Waals surface area contributed by atoms with Crippen LogP contribution in [0.4, 0.5) is 10.3 Å². The van der Waals surface area contributed by atoms with Crippen LogP contribution < -0.4 is 10.1 Å². The number of nitrogens with one attached hydrogen (secondary N) is 2. The van der Waals surface area contributed by atoms with Gasteiger partial charge in [-0.05, 0) is 36.2 Å². The molecule has 2 heterocycles. The molecule has 0 aliphatic carbocycles. The van der Waals surface area contributed by atoms with Gasteiger partial charge >= 0.3 is 0 Å². The summed E-state index contributed by atoms with van der Waals surface area (Å²) in [5.41, 5.74) is 1.34. The van der Waals surface area contributed by atoms with Crippen molar-refractivity contribution < 1.29 is 13.9 Å². The van der Waals surface area contributed by atoms with Crippen LogP contribution >= 0.6 is 0 Å². The SMILES string of the molecule is COc1ccc(CCC(=O)Nc2nnc(-c3ccccn3)[nH]2)cc1F. The van der Waals surface area contributed by atoms with E-state index in [1.165, 1.54) is 19.2 Å². The maximum Gasteiger partial charge on any atom is 0.228 e. The molecule has 0 aliphatic heterocycles. The zero-order valence-corrected chi connectivity index (χ0v) is 13.5. The van der Waals surface area contributed by atoms with Crippen molar-refractivity contribution in [1.82, 2.24) is 20.2 Å². The Morgan fingerprint density at radius 1 is 1.28 bits per heavy atom. The van der Waals surface area contributed by atoms with E-state index in [1.54, 1.807) is 24.4 Å². The number of halogens is 1. The van der Waals surface area contributed by atoms with E-state index in [0.29, 0.717) is 23.5 Å². The number of pyridine rings is 1. The summed E-state index contributed by atoms with van der Waals surface area (Å²) in [6.07, 6.45) is 2.23. The molecule has 3 aromatic rings. The second-order valence-corrected chi connectivity index (χ2v) is 5.25. The maximum atomic E-state index is 13.6. The number of hydrogen-bond donors (Lipinski definition) is 2. The molecular weight excluding hydrogens is 325 g/mol. The van der Waals surface area contributed by atoms with Gasteiger partial charge in [0.2, 0.25) is 11.9 Å². The summed E-state index contributed by atoms with van der Waals surface area (Å²) in [6.45, 7) is 0. The van der Waals surface area contributed by atoms with Crippen LogP contribution in [0.1, 0.15) is 12.0 Å². The number of rotatable bonds is 6. The van der Waals surface area contributed by atoms with Gasteiger partial charge in [0.1, 0.15) is 5.69 Å². The fraction of sp³-hybridized carbons (Fsp3) is 0.176. The number of aryl methyl sites for hydroxylation is 1. The van der Waals surface area contributed by atoms with E-state index >= 15 is 0 Å². The van der Waals surface area contributed by atoms with E-state index < -0.39 is 5.82 Å². The molecule has 0 saturated carbocycles. The van der Waals surface area contributed by atoms with E-state index in [4.69, 9.17) is 4.74 Å². The maximum absolute atomic E-state index is 13.6. The standard InChI is InChI=1S/C17H16FN5O2/c1-25-14-7-5-11(10-12(14)18)6-8-15(24)20-17-21-16(22-23-17)13-4-2-3-9-19-13/h2-5,7,9-10H,6,8H2,1H3,(H2,20,21,22,23,24). The highest BCUT2D eigenvalue weighted by Crippen LogP contribution is 2.18. The number of amides is 1. The molecule has 0 bridgehead atoms. The molecule has 0 radical (unpaired) electrons. The summed E-state index contributed by atoms with van der Waals surface area (Å²) in [7, 11) is 1.40. The molecule has 0 atom stereocenters. The lowest BCUT2D eigenvalue weighted by Gasteiger charge is -2.05. The molecule has 2 N–H and O–H groups in total. The number of hydrogen-bond acceptors (Lipinski definition) is 5. The van der Waals surface area contributed by atoms with Gasteiger partial charge < -0.3 is 9.72 Å². The Morgan fingerprint density at radius 2 is 2.16 bits per heavy atom. The number of aromatic amines is 1. The molecule has 0 saturated heterocycles. The Kier molecular flexibility index (Phi) is 4.98. The molecule has 7 nitrogen and oxygen atoms in total. The Balaban J connectivity index is 1.56. The molecular formula is C17H16FN5O2. The first-order valence-corrected chi connectivity index (χ1v) is 7.62. The first-order chi connectivity index (χ1) is 12.2. The van der Waals surface area contributed by atoms with Crippen LogP contribution in [0.15, 0.2) is 42.6 Å². The number of methoxy groups -OCH3 is 1. The van der Waals surface area contributed by atoms with Crippen molar-refractivity contribution in [3.05, 3.63) is 54.0 Å². The molecule has 2 aromatic heterocycles. The Bertz CT molecular complexity index is 866. The molecule has 0 unspecified atom stereocenters. The molecule has 8 heteroatoms. The number of H-pyrrole nitrogens is 1. The van der Waals surface area contributed by atoms with Crippen molar-refractivity contribution in [3.63, 3.8) is 0 Å². The van der Waals surface area contributed by atoms with Gasteiger partial charge in [-0.2, -0.15) is 0 Å². The first kappa shape index (κ1) is 16.6. The molecule has 128 valence electrons. The van der Waals surface area contributed by atoms with Gasteiger partial charge in [0.25, 0.3) is 0 Å². The van der Waals surface area contributed by atoms with E-state index in [1.807, 2.05) is 6.07 Å². The predicted molar refractivity (Wildman–Crippen MR) is 89.5 cm³/mol. The van der Waals surface area contributed by atoms with Crippen molar-refractivity contribution in [2.24, 2.45) is 0 Å². The molecule has 0 fully saturated rings. The van der Waals surface area contributed by atoms with Gasteiger partial charge in [-0.1, -0.05) is 12.1 Å². The molecule has 25 heavy (non-hydrogen) atoms. The second kappa shape index (κ2) is 7.52. The minimum absolute atomic E-state index is 0.178. The van der Waals surface area contributed by atoms with E-state index in [2.05, 4.69) is 25.5 Å². The highest BCUT2D eigenvalue weighted by atomic mass is 19.1. The lowest BCUT2D eigenvalue weighted by Crippen LogP contribution is -2.13. The third-order valence-corrected chi connectivity index (χ3v) is 3.51. The molecule has 0 aliphatic rings. The van der Waals surface area contributed by atoms with Crippen molar-refractivity contribution in [2.75, 3.05) is 12.4 Å². The first-order valence-electron chi connectivity index (χ1n) is 7.62. The van der Waals surface area contributed by atoms with E-state index in [0.717, 1.165) is 0 Å². The van der Waals surface area contributed by atoms with Gasteiger partial charge in [-0.25, -0.2) is 4.39 Å². The Morgan fingerprint density at radius 3 is 2.88 bits per heavy atom. The van der Waals surface area contributed by atoms with E-state index in [-0.39, 0.29) is 24.0 Å². The summed E-state index contributed by atoms with van der Waals surface area (Å²) < 4.78 is 18.5. The lowest BCUT2D eigenvalue weighted by atomic mass is 10.1. The Labute approximate surface area is 143 Å². The smallest absolute Gasteiger partial charge is 0.228 e. The number of anilines is 1. The van der Waals surface area contributed by atoms with Crippen LogP contribution in [0.3, 0.4) is 0 Å². The summed E-state index contributed by atoms with van der Waals surface area (Å²) in [6, 6.07) is 10.0. The van der Waals surface area contributed by atoms with Crippen LogP contribution in [0, 0.1) is 5.82 Å². The van der Waals surface area contributed by atoms with E-state index in [9.17, 15) is 9.18 Å². The van der Waals surface area contributed by atoms with Crippen molar-refractivity contribution in [3.8, 4) is 17.3 Å². The highest BCUT2D eigenvalue weighted by Gasteiger charge is 2.10. The van der Waals surface area contributed by atoms with Crippen LogP contribution in [-0.2, 0) is 11.2 Å². The summed E-state index contributed by atoms with van der Waals surface area (Å²) in [5, 5.41) is 10.4. The van der Waals surface area contributed by atoms with Crippen molar-refractivity contribution in [2.45, 2.75) is 12.8 Å². The molecule has 1 amide bonds. The lowest BCUT2D eigenvalue weighted by molar-refractivity contribution is -0.116. The normalized spacial score (nSPS) is 10.5. The highest BCUT2D eigenvalue weighted by molar-refractivity contribution is 5.89. The quantitative estimate of drug-likeness (QED) is 0.719. The third kappa shape index (κ3) is 4.17. The van der Waals surface area contributed by atoms with Gasteiger partial charge in [0.15, 0.2) is 17.4 Å². The van der Waals surface area contributed by atoms with Crippen molar-refractivity contribution >= 4 is 11.9 Å². The summed E-state index contributed by atoms with van der Waals surface area (Å²) in [4.78, 5) is 19.0. The van der Waals surface area contributed by atoms with Gasteiger partial charge in [0.05, 0.1) is 7.11 Å². The zero-order valence-electron chi connectivity index (χ0n) is 13.5. The topological polar surface area (TPSA) is 92.8 Å². The Hall–Kier alpha value is -3.29. The number of aromatic nitrogens is 4. The average Bonchev–Trinajstić information content (AvgIpc) is 3.09.